The van der Waals surface area contributed by atoms with Gasteiger partial charge in [0.1, 0.15) is 5.69 Å². The van der Waals surface area contributed by atoms with Gasteiger partial charge >= 0.3 is 5.97 Å². The van der Waals surface area contributed by atoms with Gasteiger partial charge in [0.2, 0.25) is 0 Å². The second kappa shape index (κ2) is 7.29. The molecule has 0 saturated carbocycles. The minimum absolute atomic E-state index is 0.0704. The van der Waals surface area contributed by atoms with Gasteiger partial charge < -0.3 is 5.11 Å². The lowest BCUT2D eigenvalue weighted by Gasteiger charge is -2.10. The van der Waals surface area contributed by atoms with Crippen LogP contribution < -0.4 is 0 Å². The number of para-hydroxylation sites is 1. The molecule has 0 aliphatic rings. The zero-order valence-electron chi connectivity index (χ0n) is 13.9. The third-order valence-electron chi connectivity index (χ3n) is 3.55. The largest absolute Gasteiger partial charge is 0.478 e. The van der Waals surface area contributed by atoms with E-state index in [1.165, 1.54) is 24.4 Å². The maximum atomic E-state index is 11.6. The molecule has 0 saturated heterocycles. The molecule has 2 aromatic heterocycles. The van der Waals surface area contributed by atoms with E-state index in [-0.39, 0.29) is 16.5 Å². The van der Waals surface area contributed by atoms with Crippen LogP contribution in [0.25, 0.3) is 23.3 Å². The Morgan fingerprint density at radius 2 is 1.93 bits per heavy atom. The fraction of sp³-hybridized carbons (Fsp3) is 0.0588. The molecule has 0 aliphatic heterocycles. The number of aromatic nitrogens is 4. The van der Waals surface area contributed by atoms with Crippen LogP contribution in [0.4, 0.5) is 0 Å². The van der Waals surface area contributed by atoms with E-state index in [4.69, 9.17) is 16.7 Å². The van der Waals surface area contributed by atoms with Gasteiger partial charge in [-0.25, -0.2) is 13.2 Å². The second-order valence-electron chi connectivity index (χ2n) is 5.49. The molecule has 0 spiro atoms. The van der Waals surface area contributed by atoms with Crippen LogP contribution in [-0.2, 0) is 14.6 Å². The summed E-state index contributed by atoms with van der Waals surface area (Å²) in [4.78, 5) is 15.1. The third-order valence-corrected chi connectivity index (χ3v) is 4.97. The lowest BCUT2D eigenvalue weighted by Crippen LogP contribution is -2.03. The summed E-state index contributed by atoms with van der Waals surface area (Å²) >= 11 is 6.28. The highest BCUT2D eigenvalue weighted by Gasteiger charge is 2.18. The molecule has 0 fully saturated rings. The number of aliphatic carboxylic acids is 1. The molecule has 8 nitrogen and oxygen atoms in total. The van der Waals surface area contributed by atoms with Crippen molar-refractivity contribution in [2.24, 2.45) is 0 Å². The Morgan fingerprint density at radius 1 is 1.19 bits per heavy atom. The first-order chi connectivity index (χ1) is 12.8. The normalized spacial score (nSPS) is 11.8. The number of hydrogen-bond acceptors (Lipinski definition) is 6. The molecule has 0 bridgehead atoms. The first-order valence-electron chi connectivity index (χ1n) is 7.55. The quantitative estimate of drug-likeness (QED) is 0.649. The van der Waals surface area contributed by atoms with Crippen LogP contribution in [-0.4, -0.2) is 45.5 Å². The number of hydrogen-bond donors (Lipinski definition) is 1. The summed E-state index contributed by atoms with van der Waals surface area (Å²) in [6, 6.07) is 9.82. The number of carbonyl (C=O) groups is 1. The van der Waals surface area contributed by atoms with Gasteiger partial charge in [-0.2, -0.15) is 0 Å². The standard InChI is InChI=1S/C17H13ClN4O4S/c1-27(25,26)11-6-7-13(19-10-11)17-21-20-15(8-9-16(23)24)22(17)14-5-3-2-4-12(14)18/h2-10H,1H3,(H,23,24)/b9-8+. The number of carboxylic acid groups (broad SMARTS) is 1. The molecule has 0 radical (unpaired) electrons. The van der Waals surface area contributed by atoms with Crippen LogP contribution in [0.2, 0.25) is 5.02 Å². The predicted octanol–water partition coefficient (Wildman–Crippen LogP) is 2.48. The van der Waals surface area contributed by atoms with Crippen LogP contribution in [0.15, 0.2) is 53.6 Å². The number of carboxylic acids is 1. The average Bonchev–Trinajstić information content (AvgIpc) is 3.03. The number of benzene rings is 1. The van der Waals surface area contributed by atoms with Crippen molar-refractivity contribution in [3.05, 3.63) is 59.5 Å². The highest BCUT2D eigenvalue weighted by atomic mass is 35.5. The van der Waals surface area contributed by atoms with Crippen LogP contribution >= 0.6 is 11.6 Å². The zero-order chi connectivity index (χ0) is 19.6. The van der Waals surface area contributed by atoms with E-state index in [1.807, 2.05) is 0 Å². The Kier molecular flexibility index (Phi) is 5.06. The molecule has 3 aromatic rings. The maximum absolute atomic E-state index is 11.6. The molecule has 3 rings (SSSR count). The van der Waals surface area contributed by atoms with Gasteiger partial charge in [0, 0.05) is 18.5 Å². The lowest BCUT2D eigenvalue weighted by molar-refractivity contribution is -0.131. The highest BCUT2D eigenvalue weighted by molar-refractivity contribution is 7.90. The van der Waals surface area contributed by atoms with Crippen molar-refractivity contribution in [1.82, 2.24) is 19.7 Å². The minimum atomic E-state index is -3.39. The van der Waals surface area contributed by atoms with Crippen molar-refractivity contribution in [3.63, 3.8) is 0 Å². The van der Waals surface area contributed by atoms with E-state index < -0.39 is 15.8 Å². The smallest absolute Gasteiger partial charge is 0.328 e. The maximum Gasteiger partial charge on any atom is 0.328 e. The van der Waals surface area contributed by atoms with E-state index in [1.54, 1.807) is 28.8 Å². The molecule has 1 N–H and O–H groups in total. The molecule has 0 atom stereocenters. The van der Waals surface area contributed by atoms with Gasteiger partial charge in [-0.15, -0.1) is 10.2 Å². The fourth-order valence-electron chi connectivity index (χ4n) is 2.32. The Balaban J connectivity index is 2.19. The van der Waals surface area contributed by atoms with E-state index in [0.717, 1.165) is 12.3 Å². The minimum Gasteiger partial charge on any atom is -0.478 e. The molecule has 10 heteroatoms. The van der Waals surface area contributed by atoms with Gasteiger partial charge in [0.25, 0.3) is 0 Å². The summed E-state index contributed by atoms with van der Waals surface area (Å²) < 4.78 is 24.8. The molecule has 1 aromatic carbocycles. The van der Waals surface area contributed by atoms with Crippen LogP contribution in [0.3, 0.4) is 0 Å². The van der Waals surface area contributed by atoms with Crippen LogP contribution in [0.1, 0.15) is 5.82 Å². The first kappa shape index (κ1) is 18.7. The average molecular weight is 405 g/mol. The second-order valence-corrected chi connectivity index (χ2v) is 7.91. The SMILES string of the molecule is CS(=O)(=O)c1ccc(-c2nnc(/C=C/C(=O)O)n2-c2ccccc2Cl)nc1. The number of nitrogens with zero attached hydrogens (tertiary/aromatic N) is 4. The highest BCUT2D eigenvalue weighted by Crippen LogP contribution is 2.27. The summed E-state index contributed by atoms with van der Waals surface area (Å²) in [5.41, 5.74) is 0.878. The van der Waals surface area contributed by atoms with Crippen LogP contribution in [0, 0.1) is 0 Å². The lowest BCUT2D eigenvalue weighted by atomic mass is 10.2. The van der Waals surface area contributed by atoms with Crippen molar-refractivity contribution in [3.8, 4) is 17.2 Å². The predicted molar refractivity (Wildman–Crippen MR) is 99.4 cm³/mol. The molecule has 138 valence electrons. The molecule has 2 heterocycles. The Labute approximate surface area is 159 Å². The van der Waals surface area contributed by atoms with Crippen molar-refractivity contribution in [2.45, 2.75) is 4.90 Å². The topological polar surface area (TPSA) is 115 Å². The molecular formula is C17H13ClN4O4S. The zero-order valence-corrected chi connectivity index (χ0v) is 15.5. The number of pyridine rings is 1. The van der Waals surface area contributed by atoms with Gasteiger partial charge in [-0.1, -0.05) is 23.7 Å². The first-order valence-corrected chi connectivity index (χ1v) is 9.82. The molecule has 0 aliphatic carbocycles. The molecule has 0 unspecified atom stereocenters. The summed E-state index contributed by atoms with van der Waals surface area (Å²) in [6.45, 7) is 0. The monoisotopic (exact) mass is 404 g/mol. The summed E-state index contributed by atoms with van der Waals surface area (Å²) in [7, 11) is -3.39. The van der Waals surface area contributed by atoms with E-state index in [9.17, 15) is 13.2 Å². The van der Waals surface area contributed by atoms with Crippen molar-refractivity contribution < 1.29 is 18.3 Å². The summed E-state index contributed by atoms with van der Waals surface area (Å²) in [5, 5.41) is 17.4. The third kappa shape index (κ3) is 4.04. The Bertz CT molecular complexity index is 1140. The van der Waals surface area contributed by atoms with E-state index >= 15 is 0 Å². The van der Waals surface area contributed by atoms with Gasteiger partial charge in [-0.3, -0.25) is 9.55 Å². The summed E-state index contributed by atoms with van der Waals surface area (Å²) in [6.07, 6.45) is 4.53. The van der Waals surface area contributed by atoms with Gasteiger partial charge in [-0.05, 0) is 30.3 Å². The van der Waals surface area contributed by atoms with Crippen molar-refractivity contribution in [1.29, 1.82) is 0 Å². The number of sulfone groups is 1. The number of halogens is 1. The van der Waals surface area contributed by atoms with Crippen LogP contribution in [0.5, 0.6) is 0 Å². The van der Waals surface area contributed by atoms with Gasteiger partial charge in [0.15, 0.2) is 21.5 Å². The molecule has 0 amide bonds. The van der Waals surface area contributed by atoms with Gasteiger partial charge in [0.05, 0.1) is 15.6 Å². The Hall–Kier alpha value is -3.04. The van der Waals surface area contributed by atoms with E-state index in [2.05, 4.69) is 15.2 Å². The van der Waals surface area contributed by atoms with Crippen molar-refractivity contribution >= 4 is 33.5 Å². The van der Waals surface area contributed by atoms with E-state index in [0.29, 0.717) is 16.4 Å². The Morgan fingerprint density at radius 3 is 2.52 bits per heavy atom. The van der Waals surface area contributed by atoms with Crippen molar-refractivity contribution in [2.75, 3.05) is 6.26 Å². The molecular weight excluding hydrogens is 392 g/mol. The number of rotatable bonds is 5. The fourth-order valence-corrected chi connectivity index (χ4v) is 3.10. The summed E-state index contributed by atoms with van der Waals surface area (Å²) in [5.74, 6) is -0.622. The molecule has 27 heavy (non-hydrogen) atoms.